The Morgan fingerprint density at radius 1 is 1.61 bits per heavy atom. The first kappa shape index (κ1) is 14.4. The Kier molecular flexibility index (Phi) is 5.55. The topological polar surface area (TPSA) is 86.5 Å². The second kappa shape index (κ2) is 6.93. The van der Waals surface area contributed by atoms with Crippen LogP contribution in [0.2, 0.25) is 0 Å². The van der Waals surface area contributed by atoms with Gasteiger partial charge in [-0.3, -0.25) is 0 Å². The van der Waals surface area contributed by atoms with Crippen molar-refractivity contribution in [3.8, 4) is 6.07 Å². The van der Waals surface area contributed by atoms with Crippen molar-refractivity contribution in [2.24, 2.45) is 0 Å². The maximum atomic E-state index is 11.0. The third-order valence-corrected chi connectivity index (χ3v) is 3.52. The van der Waals surface area contributed by atoms with Crippen LogP contribution >= 0.6 is 11.3 Å². The molecule has 0 saturated heterocycles. The van der Waals surface area contributed by atoms with Crippen molar-refractivity contribution >= 4 is 22.4 Å². The van der Waals surface area contributed by atoms with E-state index < -0.39 is 5.97 Å². The molecule has 0 saturated carbocycles. The Balaban J connectivity index is 2.87. The number of carboxylic acid groups (broad SMARTS) is 1. The highest BCUT2D eigenvalue weighted by Crippen LogP contribution is 2.26. The van der Waals surface area contributed by atoms with Crippen LogP contribution < -0.4 is 4.90 Å². The molecule has 0 bridgehead atoms. The Hall–Kier alpha value is -1.65. The standard InChI is InChI=1S/C11H15N3O3S/c1-8-9(10(15)16)18-11(13-8)14(5-3-4-12)6-7-17-2/h3,5-7H2,1-2H3,(H,15,16). The monoisotopic (exact) mass is 269 g/mol. The summed E-state index contributed by atoms with van der Waals surface area (Å²) in [6, 6.07) is 2.07. The molecule has 0 aromatic carbocycles. The number of rotatable bonds is 7. The fraction of sp³-hybridized carbons (Fsp3) is 0.545. The van der Waals surface area contributed by atoms with Gasteiger partial charge in [0.25, 0.3) is 0 Å². The molecule has 6 nitrogen and oxygen atoms in total. The van der Waals surface area contributed by atoms with Crippen LogP contribution in [0, 0.1) is 18.3 Å². The van der Waals surface area contributed by atoms with Gasteiger partial charge in [-0.2, -0.15) is 5.26 Å². The zero-order valence-corrected chi connectivity index (χ0v) is 11.2. The summed E-state index contributed by atoms with van der Waals surface area (Å²) in [5.41, 5.74) is 0.502. The maximum absolute atomic E-state index is 11.0. The van der Waals surface area contributed by atoms with E-state index >= 15 is 0 Å². The minimum Gasteiger partial charge on any atom is -0.477 e. The van der Waals surface area contributed by atoms with E-state index in [4.69, 9.17) is 15.1 Å². The minimum atomic E-state index is -0.969. The zero-order valence-electron chi connectivity index (χ0n) is 10.3. The fourth-order valence-electron chi connectivity index (χ4n) is 1.41. The van der Waals surface area contributed by atoms with Crippen LogP contribution in [0.15, 0.2) is 0 Å². The molecule has 0 radical (unpaired) electrons. The lowest BCUT2D eigenvalue weighted by molar-refractivity contribution is 0.0701. The van der Waals surface area contributed by atoms with E-state index in [9.17, 15) is 4.79 Å². The van der Waals surface area contributed by atoms with E-state index in [1.54, 1.807) is 14.0 Å². The third kappa shape index (κ3) is 3.68. The molecule has 98 valence electrons. The Labute approximate surface area is 109 Å². The Morgan fingerprint density at radius 3 is 2.83 bits per heavy atom. The molecule has 0 spiro atoms. The number of aromatic carboxylic acids is 1. The first-order chi connectivity index (χ1) is 8.60. The number of nitrogens with zero attached hydrogens (tertiary/aromatic N) is 3. The van der Waals surface area contributed by atoms with Crippen molar-refractivity contribution in [2.45, 2.75) is 13.3 Å². The van der Waals surface area contributed by atoms with E-state index in [1.807, 2.05) is 4.90 Å². The second-order valence-electron chi connectivity index (χ2n) is 3.60. The first-order valence-corrected chi connectivity index (χ1v) is 6.23. The highest BCUT2D eigenvalue weighted by atomic mass is 32.1. The van der Waals surface area contributed by atoms with Crippen molar-refractivity contribution in [3.05, 3.63) is 10.6 Å². The van der Waals surface area contributed by atoms with Gasteiger partial charge in [0, 0.05) is 20.2 Å². The number of hydrogen-bond donors (Lipinski definition) is 1. The predicted molar refractivity (Wildman–Crippen MR) is 68.1 cm³/mol. The van der Waals surface area contributed by atoms with Gasteiger partial charge >= 0.3 is 5.97 Å². The third-order valence-electron chi connectivity index (χ3n) is 2.31. The van der Waals surface area contributed by atoms with E-state index in [2.05, 4.69) is 11.1 Å². The molecule has 7 heteroatoms. The Bertz CT molecular complexity index is 453. The quantitative estimate of drug-likeness (QED) is 0.807. The van der Waals surface area contributed by atoms with Gasteiger partial charge in [0.05, 0.1) is 24.8 Å². The van der Waals surface area contributed by atoms with Gasteiger partial charge < -0.3 is 14.7 Å². The van der Waals surface area contributed by atoms with Gasteiger partial charge in [0.15, 0.2) is 5.13 Å². The van der Waals surface area contributed by atoms with Crippen molar-refractivity contribution in [3.63, 3.8) is 0 Å². The van der Waals surface area contributed by atoms with E-state index in [1.165, 1.54) is 0 Å². The summed E-state index contributed by atoms with van der Waals surface area (Å²) in [7, 11) is 1.60. The van der Waals surface area contributed by atoms with E-state index in [-0.39, 0.29) is 4.88 Å². The molecule has 1 rings (SSSR count). The molecule has 0 atom stereocenters. The lowest BCUT2D eigenvalue weighted by Gasteiger charge is -2.19. The normalized spacial score (nSPS) is 10.1. The zero-order chi connectivity index (χ0) is 13.5. The SMILES string of the molecule is COCCN(CCC#N)c1nc(C)c(C(=O)O)s1. The summed E-state index contributed by atoms with van der Waals surface area (Å²) in [5.74, 6) is -0.969. The smallest absolute Gasteiger partial charge is 0.347 e. The summed E-state index contributed by atoms with van der Waals surface area (Å²) < 4.78 is 4.99. The minimum absolute atomic E-state index is 0.240. The fourth-order valence-corrected chi connectivity index (χ4v) is 2.36. The molecule has 0 fully saturated rings. The van der Waals surface area contributed by atoms with Crippen LogP contribution in [-0.2, 0) is 4.74 Å². The number of carboxylic acids is 1. The van der Waals surface area contributed by atoms with Crippen LogP contribution in [0.4, 0.5) is 5.13 Å². The summed E-state index contributed by atoms with van der Waals surface area (Å²) in [4.78, 5) is 17.3. The lowest BCUT2D eigenvalue weighted by atomic mass is 10.4. The van der Waals surface area contributed by atoms with Gasteiger partial charge in [0.1, 0.15) is 4.88 Å². The molecular formula is C11H15N3O3S. The number of aryl methyl sites for hydroxylation is 1. The van der Waals surface area contributed by atoms with Crippen molar-refractivity contribution in [1.82, 2.24) is 4.98 Å². The number of nitriles is 1. The van der Waals surface area contributed by atoms with Crippen molar-refractivity contribution in [1.29, 1.82) is 5.26 Å². The molecule has 1 aromatic rings. The van der Waals surface area contributed by atoms with Crippen LogP contribution in [0.25, 0.3) is 0 Å². The molecule has 0 aliphatic heterocycles. The van der Waals surface area contributed by atoms with Crippen molar-refractivity contribution in [2.75, 3.05) is 31.7 Å². The molecule has 1 heterocycles. The van der Waals surface area contributed by atoms with Crippen LogP contribution in [-0.4, -0.2) is 42.9 Å². The number of aromatic nitrogens is 1. The van der Waals surface area contributed by atoms with Crippen LogP contribution in [0.3, 0.4) is 0 Å². The Morgan fingerprint density at radius 2 is 2.33 bits per heavy atom. The largest absolute Gasteiger partial charge is 0.477 e. The lowest BCUT2D eigenvalue weighted by Crippen LogP contribution is -2.28. The highest BCUT2D eigenvalue weighted by Gasteiger charge is 2.17. The number of methoxy groups -OCH3 is 1. The van der Waals surface area contributed by atoms with Gasteiger partial charge in [-0.15, -0.1) is 0 Å². The number of thiazole rings is 1. The molecule has 0 amide bonds. The highest BCUT2D eigenvalue weighted by molar-refractivity contribution is 7.17. The predicted octanol–water partition coefficient (Wildman–Crippen LogP) is 1.52. The number of hydrogen-bond acceptors (Lipinski definition) is 6. The average Bonchev–Trinajstić information content (AvgIpc) is 2.71. The second-order valence-corrected chi connectivity index (χ2v) is 4.58. The van der Waals surface area contributed by atoms with Gasteiger partial charge in [-0.05, 0) is 6.92 Å². The summed E-state index contributed by atoms with van der Waals surface area (Å²) >= 11 is 1.13. The van der Waals surface area contributed by atoms with Crippen LogP contribution in [0.5, 0.6) is 0 Å². The average molecular weight is 269 g/mol. The number of carbonyl (C=O) groups is 1. The van der Waals surface area contributed by atoms with E-state index in [0.29, 0.717) is 36.9 Å². The van der Waals surface area contributed by atoms with E-state index in [0.717, 1.165) is 11.3 Å². The first-order valence-electron chi connectivity index (χ1n) is 5.41. The summed E-state index contributed by atoms with van der Waals surface area (Å²) in [5, 5.41) is 18.2. The summed E-state index contributed by atoms with van der Waals surface area (Å²) in [6.07, 6.45) is 0.366. The molecule has 0 aliphatic carbocycles. The van der Waals surface area contributed by atoms with Gasteiger partial charge in [-0.1, -0.05) is 11.3 Å². The number of anilines is 1. The molecule has 1 N–H and O–H groups in total. The number of ether oxygens (including phenoxy) is 1. The molecule has 0 aliphatic rings. The maximum Gasteiger partial charge on any atom is 0.347 e. The van der Waals surface area contributed by atoms with Gasteiger partial charge in [-0.25, -0.2) is 9.78 Å². The molecule has 1 aromatic heterocycles. The molecule has 0 unspecified atom stereocenters. The van der Waals surface area contributed by atoms with Crippen molar-refractivity contribution < 1.29 is 14.6 Å². The summed E-state index contributed by atoms with van der Waals surface area (Å²) in [6.45, 7) is 3.28. The molecular weight excluding hydrogens is 254 g/mol. The van der Waals surface area contributed by atoms with Gasteiger partial charge in [0.2, 0.25) is 0 Å². The molecule has 18 heavy (non-hydrogen) atoms. The van der Waals surface area contributed by atoms with Crippen LogP contribution in [0.1, 0.15) is 21.8 Å².